The Morgan fingerprint density at radius 1 is 0.958 bits per heavy atom. The summed E-state index contributed by atoms with van der Waals surface area (Å²) in [5, 5.41) is 27.9. The predicted octanol–water partition coefficient (Wildman–Crippen LogP) is 4.16. The fourth-order valence-corrected chi connectivity index (χ4v) is 2.03. The molecule has 0 aromatic rings. The molecule has 0 amide bonds. The maximum atomic E-state index is 10.4. The molecule has 0 aliphatic heterocycles. The highest BCUT2D eigenvalue weighted by Gasteiger charge is 2.12. The summed E-state index contributed by atoms with van der Waals surface area (Å²) in [6, 6.07) is 0. The summed E-state index contributed by atoms with van der Waals surface area (Å²) in [5.41, 5.74) is 0. The summed E-state index contributed by atoms with van der Waals surface area (Å²) in [6.07, 6.45) is 19.8. The first-order chi connectivity index (χ1) is 11.6. The van der Waals surface area contributed by atoms with E-state index >= 15 is 0 Å². The second kappa shape index (κ2) is 16.2. The molecule has 0 spiro atoms. The van der Waals surface area contributed by atoms with Crippen molar-refractivity contribution in [2.75, 3.05) is 0 Å². The molecule has 0 aromatic heterocycles. The minimum Gasteiger partial charge on any atom is -0.481 e. The molecule has 0 radical (unpaired) electrons. The minimum atomic E-state index is -0.974. The number of rotatable bonds is 14. The van der Waals surface area contributed by atoms with Crippen LogP contribution in [0, 0.1) is 0 Å². The molecule has 0 rings (SSSR count). The molecule has 0 bridgehead atoms. The lowest BCUT2D eigenvalue weighted by atomic mass is 10.1. The molecule has 4 nitrogen and oxygen atoms in total. The van der Waals surface area contributed by atoms with E-state index in [9.17, 15) is 15.0 Å². The van der Waals surface area contributed by atoms with Crippen molar-refractivity contribution in [3.8, 4) is 0 Å². The third kappa shape index (κ3) is 15.3. The number of hydrogen-bond acceptors (Lipinski definition) is 3. The van der Waals surface area contributed by atoms with E-state index < -0.39 is 18.2 Å². The van der Waals surface area contributed by atoms with Crippen LogP contribution in [-0.4, -0.2) is 33.5 Å². The van der Waals surface area contributed by atoms with Crippen molar-refractivity contribution in [3.63, 3.8) is 0 Å². The number of aliphatic hydroxyl groups excluding tert-OH is 2. The van der Waals surface area contributed by atoms with Gasteiger partial charge in [0.2, 0.25) is 0 Å². The molecule has 0 aliphatic carbocycles. The Bertz CT molecular complexity index is 421. The zero-order valence-electron chi connectivity index (χ0n) is 14.7. The highest BCUT2D eigenvalue weighted by Crippen LogP contribution is 2.06. The van der Waals surface area contributed by atoms with Gasteiger partial charge in [0.15, 0.2) is 0 Å². The highest BCUT2D eigenvalue weighted by atomic mass is 16.4. The number of unbranched alkanes of at least 4 members (excludes halogenated alkanes) is 3. The average molecular weight is 336 g/mol. The zero-order chi connectivity index (χ0) is 18.0. The number of aliphatic carboxylic acids is 1. The summed E-state index contributed by atoms with van der Waals surface area (Å²) >= 11 is 0. The van der Waals surface area contributed by atoms with Gasteiger partial charge in [-0.2, -0.15) is 0 Å². The molecule has 0 heterocycles. The summed E-state index contributed by atoms with van der Waals surface area (Å²) in [6.45, 7) is 2.20. The predicted molar refractivity (Wildman–Crippen MR) is 98.8 cm³/mol. The number of carboxylic acids is 1. The van der Waals surface area contributed by atoms with Gasteiger partial charge in [0.05, 0.1) is 12.2 Å². The number of allylic oxidation sites excluding steroid dienone is 7. The maximum absolute atomic E-state index is 10.4. The molecule has 0 saturated heterocycles. The van der Waals surface area contributed by atoms with E-state index in [1.807, 2.05) is 12.2 Å². The summed E-state index contributed by atoms with van der Waals surface area (Å²) in [5.74, 6) is -0.891. The Balaban J connectivity index is 3.81. The Kier molecular flexibility index (Phi) is 15.1. The van der Waals surface area contributed by atoms with Gasteiger partial charge in [-0.15, -0.1) is 0 Å². The third-order valence-corrected chi connectivity index (χ3v) is 3.48. The largest absolute Gasteiger partial charge is 0.481 e. The van der Waals surface area contributed by atoms with Gasteiger partial charge >= 0.3 is 5.97 Å². The van der Waals surface area contributed by atoms with Crippen LogP contribution in [0.5, 0.6) is 0 Å². The van der Waals surface area contributed by atoms with Crippen molar-refractivity contribution >= 4 is 5.97 Å². The molecule has 0 aromatic carbocycles. The quantitative estimate of drug-likeness (QED) is 0.253. The number of aliphatic hydroxyl groups is 2. The molecule has 0 aliphatic rings. The van der Waals surface area contributed by atoms with Gasteiger partial charge in [0.25, 0.3) is 0 Å². The summed E-state index contributed by atoms with van der Waals surface area (Å²) in [4.78, 5) is 10.4. The fourth-order valence-electron chi connectivity index (χ4n) is 2.03. The van der Waals surface area contributed by atoms with Crippen molar-refractivity contribution in [1.82, 2.24) is 0 Å². The lowest BCUT2D eigenvalue weighted by Gasteiger charge is -2.13. The first-order valence-electron chi connectivity index (χ1n) is 8.80. The van der Waals surface area contributed by atoms with E-state index in [0.29, 0.717) is 6.42 Å². The molecule has 4 heteroatoms. The first kappa shape index (κ1) is 22.4. The second-order valence-corrected chi connectivity index (χ2v) is 5.74. The van der Waals surface area contributed by atoms with Crippen LogP contribution < -0.4 is 0 Å². The fraction of sp³-hybridized carbons (Fsp3) is 0.550. The monoisotopic (exact) mass is 336 g/mol. The lowest BCUT2D eigenvalue weighted by molar-refractivity contribution is -0.137. The normalized spacial score (nSPS) is 15.1. The van der Waals surface area contributed by atoms with E-state index in [4.69, 9.17) is 5.11 Å². The van der Waals surface area contributed by atoms with E-state index in [-0.39, 0.29) is 12.8 Å². The zero-order valence-corrected chi connectivity index (χ0v) is 14.7. The molecule has 0 unspecified atom stereocenters. The van der Waals surface area contributed by atoms with Crippen LogP contribution in [0.2, 0.25) is 0 Å². The minimum absolute atomic E-state index is 0.00520. The summed E-state index contributed by atoms with van der Waals surface area (Å²) < 4.78 is 0. The molecule has 3 N–H and O–H groups in total. The van der Waals surface area contributed by atoms with Crippen LogP contribution in [0.15, 0.2) is 48.6 Å². The van der Waals surface area contributed by atoms with Gasteiger partial charge in [-0.1, -0.05) is 68.4 Å². The topological polar surface area (TPSA) is 77.8 Å². The van der Waals surface area contributed by atoms with Gasteiger partial charge in [0.1, 0.15) is 0 Å². The van der Waals surface area contributed by atoms with Crippen molar-refractivity contribution in [1.29, 1.82) is 0 Å². The Morgan fingerprint density at radius 2 is 1.71 bits per heavy atom. The first-order valence-corrected chi connectivity index (χ1v) is 8.80. The van der Waals surface area contributed by atoms with Gasteiger partial charge in [-0.05, 0) is 32.1 Å². The van der Waals surface area contributed by atoms with Gasteiger partial charge in [0, 0.05) is 6.42 Å². The van der Waals surface area contributed by atoms with Crippen molar-refractivity contribution in [2.45, 2.75) is 70.5 Å². The van der Waals surface area contributed by atoms with E-state index in [0.717, 1.165) is 12.8 Å². The number of carbonyl (C=O) groups is 1. The number of carboxylic acid groups (broad SMARTS) is 1. The van der Waals surface area contributed by atoms with Crippen molar-refractivity contribution in [3.05, 3.63) is 48.6 Å². The van der Waals surface area contributed by atoms with Crippen LogP contribution in [0.4, 0.5) is 0 Å². The van der Waals surface area contributed by atoms with Gasteiger partial charge < -0.3 is 15.3 Å². The van der Waals surface area contributed by atoms with Crippen molar-refractivity contribution in [2.24, 2.45) is 0 Å². The van der Waals surface area contributed by atoms with E-state index in [1.54, 1.807) is 12.2 Å². The van der Waals surface area contributed by atoms with Crippen LogP contribution in [0.3, 0.4) is 0 Å². The standard InChI is InChI=1S/C20H32O4/c1-2-3-4-5-6-7-8-9-10-11-12-13-15-18(21)19(22)16-14-17-20(23)24/h6-7,9-13,15,18-19,21-22H,2-5,8,14,16-17H2,1H3,(H,23,24)/b7-6-,10-9-,12-11+,15-13+/t18-,19+/m1/s1. The molecule has 0 saturated carbocycles. The van der Waals surface area contributed by atoms with Crippen LogP contribution >= 0.6 is 0 Å². The van der Waals surface area contributed by atoms with Crippen molar-refractivity contribution < 1.29 is 20.1 Å². The Hall–Kier alpha value is -1.65. The van der Waals surface area contributed by atoms with Gasteiger partial charge in [-0.3, -0.25) is 4.79 Å². The van der Waals surface area contributed by atoms with Crippen LogP contribution in [-0.2, 0) is 4.79 Å². The Labute approximate surface area is 145 Å². The molecule has 2 atom stereocenters. The molecular formula is C20H32O4. The lowest BCUT2D eigenvalue weighted by Crippen LogP contribution is -2.23. The summed E-state index contributed by atoms with van der Waals surface area (Å²) in [7, 11) is 0. The maximum Gasteiger partial charge on any atom is 0.303 e. The Morgan fingerprint density at radius 3 is 2.42 bits per heavy atom. The van der Waals surface area contributed by atoms with Crippen LogP contribution in [0.1, 0.15) is 58.3 Å². The average Bonchev–Trinajstić information content (AvgIpc) is 2.55. The smallest absolute Gasteiger partial charge is 0.303 e. The van der Waals surface area contributed by atoms with E-state index in [2.05, 4.69) is 25.2 Å². The number of hydrogen-bond donors (Lipinski definition) is 3. The van der Waals surface area contributed by atoms with Crippen LogP contribution in [0.25, 0.3) is 0 Å². The van der Waals surface area contributed by atoms with Gasteiger partial charge in [-0.25, -0.2) is 0 Å². The highest BCUT2D eigenvalue weighted by molar-refractivity contribution is 5.66. The second-order valence-electron chi connectivity index (χ2n) is 5.74. The third-order valence-electron chi connectivity index (χ3n) is 3.48. The molecular weight excluding hydrogens is 304 g/mol. The molecule has 0 fully saturated rings. The molecule has 136 valence electrons. The molecule has 24 heavy (non-hydrogen) atoms. The van der Waals surface area contributed by atoms with E-state index in [1.165, 1.54) is 25.3 Å². The SMILES string of the molecule is CCCCC/C=C\C\C=C/C=C/C=C/[C@@H](O)[C@@H](O)CCCC(=O)O.